The van der Waals surface area contributed by atoms with Gasteiger partial charge in [0.05, 0.1) is 17.6 Å². The van der Waals surface area contributed by atoms with E-state index in [4.69, 9.17) is 9.47 Å². The van der Waals surface area contributed by atoms with Crippen LogP contribution in [0.1, 0.15) is 32.6 Å². The number of methoxy groups -OCH3 is 1. The Morgan fingerprint density at radius 3 is 2.60 bits per heavy atom. The molecule has 118 valence electrons. The molecule has 0 aromatic rings. The summed E-state index contributed by atoms with van der Waals surface area (Å²) in [5.41, 5.74) is -0.550. The van der Waals surface area contributed by atoms with Gasteiger partial charge in [-0.15, -0.1) is 12.4 Å². The topological polar surface area (TPSA) is 59.6 Å². The maximum absolute atomic E-state index is 12.5. The van der Waals surface area contributed by atoms with Crippen molar-refractivity contribution < 1.29 is 14.3 Å². The molecule has 20 heavy (non-hydrogen) atoms. The number of hydrogen-bond donors (Lipinski definition) is 2. The highest BCUT2D eigenvalue weighted by molar-refractivity contribution is 5.85. The van der Waals surface area contributed by atoms with E-state index in [1.54, 1.807) is 7.11 Å². The molecule has 1 amide bonds. The van der Waals surface area contributed by atoms with Gasteiger partial charge in [-0.1, -0.05) is 0 Å². The molecule has 1 atom stereocenters. The van der Waals surface area contributed by atoms with Crippen LogP contribution in [-0.4, -0.2) is 51.5 Å². The third-order valence-corrected chi connectivity index (χ3v) is 4.39. The SMILES string of the molecule is COCC1(C(=O)NCC2(C)CCCO2)CCNCC1.Cl. The number of carbonyl (C=O) groups is 1. The lowest BCUT2D eigenvalue weighted by atomic mass is 9.78. The second-order valence-corrected chi connectivity index (χ2v) is 6.05. The molecular formula is C14H27ClN2O3. The number of carbonyl (C=O) groups excluding carboxylic acids is 1. The summed E-state index contributed by atoms with van der Waals surface area (Å²) in [6, 6.07) is 0. The third-order valence-electron chi connectivity index (χ3n) is 4.39. The fourth-order valence-electron chi connectivity index (χ4n) is 3.05. The Balaban J connectivity index is 0.00000200. The molecule has 0 aromatic heterocycles. The molecule has 0 aromatic carbocycles. The largest absolute Gasteiger partial charge is 0.384 e. The first kappa shape index (κ1) is 17.7. The van der Waals surface area contributed by atoms with Gasteiger partial charge in [-0.3, -0.25) is 4.79 Å². The smallest absolute Gasteiger partial charge is 0.228 e. The van der Waals surface area contributed by atoms with Crippen molar-refractivity contribution in [1.82, 2.24) is 10.6 Å². The Labute approximate surface area is 127 Å². The molecule has 0 aliphatic carbocycles. The van der Waals surface area contributed by atoms with Gasteiger partial charge in [0.15, 0.2) is 0 Å². The van der Waals surface area contributed by atoms with E-state index < -0.39 is 0 Å². The first-order chi connectivity index (χ1) is 9.10. The summed E-state index contributed by atoms with van der Waals surface area (Å²) in [6.45, 7) is 5.74. The van der Waals surface area contributed by atoms with Crippen molar-refractivity contribution in [3.8, 4) is 0 Å². The van der Waals surface area contributed by atoms with Crippen molar-refractivity contribution in [2.24, 2.45) is 5.41 Å². The molecular weight excluding hydrogens is 280 g/mol. The predicted octanol–water partition coefficient (Wildman–Crippen LogP) is 1.11. The molecule has 5 nitrogen and oxygen atoms in total. The third kappa shape index (κ3) is 4.07. The van der Waals surface area contributed by atoms with Crippen molar-refractivity contribution in [2.75, 3.05) is 40.0 Å². The predicted molar refractivity (Wildman–Crippen MR) is 80.3 cm³/mol. The lowest BCUT2D eigenvalue weighted by Gasteiger charge is -2.36. The summed E-state index contributed by atoms with van der Waals surface area (Å²) in [5, 5.41) is 6.39. The lowest BCUT2D eigenvalue weighted by Crippen LogP contribution is -2.52. The summed E-state index contributed by atoms with van der Waals surface area (Å²) < 4.78 is 11.0. The normalized spacial score (nSPS) is 28.7. The molecule has 1 unspecified atom stereocenters. The molecule has 2 aliphatic rings. The Morgan fingerprint density at radius 1 is 1.35 bits per heavy atom. The van der Waals surface area contributed by atoms with Crippen LogP contribution >= 0.6 is 12.4 Å². The standard InChI is InChI=1S/C14H26N2O3.ClH/c1-13(4-3-9-19-13)10-16-12(17)14(11-18-2)5-7-15-8-6-14;/h15H,3-11H2,1-2H3,(H,16,17);1H. The van der Waals surface area contributed by atoms with Gasteiger partial charge in [-0.25, -0.2) is 0 Å². The van der Waals surface area contributed by atoms with Gasteiger partial charge in [0, 0.05) is 20.3 Å². The molecule has 2 heterocycles. The van der Waals surface area contributed by atoms with Crippen LogP contribution in [0.5, 0.6) is 0 Å². The van der Waals surface area contributed by atoms with E-state index in [-0.39, 0.29) is 29.3 Å². The number of nitrogens with one attached hydrogen (secondary N) is 2. The van der Waals surface area contributed by atoms with Crippen LogP contribution in [0.2, 0.25) is 0 Å². The van der Waals surface area contributed by atoms with E-state index in [2.05, 4.69) is 17.6 Å². The van der Waals surface area contributed by atoms with Crippen molar-refractivity contribution in [3.05, 3.63) is 0 Å². The molecule has 0 saturated carbocycles. The minimum absolute atomic E-state index is 0. The molecule has 2 saturated heterocycles. The number of halogens is 1. The summed E-state index contributed by atoms with van der Waals surface area (Å²) >= 11 is 0. The van der Waals surface area contributed by atoms with E-state index >= 15 is 0 Å². The maximum Gasteiger partial charge on any atom is 0.228 e. The number of amides is 1. The quantitative estimate of drug-likeness (QED) is 0.799. The van der Waals surface area contributed by atoms with Crippen LogP contribution in [0.25, 0.3) is 0 Å². The number of piperidine rings is 1. The van der Waals surface area contributed by atoms with Crippen LogP contribution in [0, 0.1) is 5.41 Å². The zero-order valence-electron chi connectivity index (χ0n) is 12.5. The Bertz CT molecular complexity index is 308. The minimum Gasteiger partial charge on any atom is -0.384 e. The zero-order valence-corrected chi connectivity index (χ0v) is 13.3. The van der Waals surface area contributed by atoms with Crippen molar-refractivity contribution in [1.29, 1.82) is 0 Å². The Kier molecular flexibility index (Phi) is 6.72. The molecule has 6 heteroatoms. The molecule has 0 radical (unpaired) electrons. The first-order valence-corrected chi connectivity index (χ1v) is 7.22. The fraction of sp³-hybridized carbons (Fsp3) is 0.929. The van der Waals surface area contributed by atoms with Crippen molar-refractivity contribution in [3.63, 3.8) is 0 Å². The zero-order chi connectivity index (χ0) is 13.8. The molecule has 0 spiro atoms. The van der Waals surface area contributed by atoms with Gasteiger partial charge < -0.3 is 20.1 Å². The number of ether oxygens (including phenoxy) is 2. The lowest BCUT2D eigenvalue weighted by molar-refractivity contribution is -0.137. The highest BCUT2D eigenvalue weighted by atomic mass is 35.5. The highest BCUT2D eigenvalue weighted by Gasteiger charge is 2.40. The Hall–Kier alpha value is -0.360. The van der Waals surface area contributed by atoms with Gasteiger partial charge >= 0.3 is 0 Å². The summed E-state index contributed by atoms with van der Waals surface area (Å²) in [6.07, 6.45) is 3.78. The average Bonchev–Trinajstić information content (AvgIpc) is 2.85. The Morgan fingerprint density at radius 2 is 2.05 bits per heavy atom. The molecule has 2 aliphatic heterocycles. The molecule has 2 N–H and O–H groups in total. The molecule has 0 bridgehead atoms. The van der Waals surface area contributed by atoms with E-state index in [0.29, 0.717) is 13.2 Å². The second-order valence-electron chi connectivity index (χ2n) is 6.05. The minimum atomic E-state index is -0.366. The van der Waals surface area contributed by atoms with Gasteiger partial charge in [0.2, 0.25) is 5.91 Å². The van der Waals surface area contributed by atoms with Crippen molar-refractivity contribution >= 4 is 18.3 Å². The van der Waals surface area contributed by atoms with Gasteiger partial charge in [-0.2, -0.15) is 0 Å². The molecule has 2 fully saturated rings. The van der Waals surface area contributed by atoms with Gasteiger partial charge in [-0.05, 0) is 45.7 Å². The van der Waals surface area contributed by atoms with Crippen LogP contribution in [0.4, 0.5) is 0 Å². The molecule has 2 rings (SSSR count). The van der Waals surface area contributed by atoms with Crippen molar-refractivity contribution in [2.45, 2.75) is 38.2 Å². The number of hydrogen-bond acceptors (Lipinski definition) is 4. The average molecular weight is 307 g/mol. The van der Waals surface area contributed by atoms with Gasteiger partial charge in [0.1, 0.15) is 0 Å². The van der Waals surface area contributed by atoms with E-state index in [1.807, 2.05) is 0 Å². The fourth-order valence-corrected chi connectivity index (χ4v) is 3.05. The van der Waals surface area contributed by atoms with E-state index in [0.717, 1.165) is 45.4 Å². The van der Waals surface area contributed by atoms with E-state index in [9.17, 15) is 4.79 Å². The highest BCUT2D eigenvalue weighted by Crippen LogP contribution is 2.30. The second kappa shape index (κ2) is 7.59. The van der Waals surface area contributed by atoms with Gasteiger partial charge in [0.25, 0.3) is 0 Å². The van der Waals surface area contributed by atoms with E-state index in [1.165, 1.54) is 0 Å². The summed E-state index contributed by atoms with van der Waals surface area (Å²) in [4.78, 5) is 12.5. The summed E-state index contributed by atoms with van der Waals surface area (Å²) in [5.74, 6) is 0.118. The maximum atomic E-state index is 12.5. The van der Waals surface area contributed by atoms with Crippen LogP contribution in [-0.2, 0) is 14.3 Å². The monoisotopic (exact) mass is 306 g/mol. The first-order valence-electron chi connectivity index (χ1n) is 7.22. The number of rotatable bonds is 5. The summed E-state index contributed by atoms with van der Waals surface area (Å²) in [7, 11) is 1.67. The van der Waals surface area contributed by atoms with Crippen LogP contribution in [0.3, 0.4) is 0 Å². The van der Waals surface area contributed by atoms with Crippen LogP contribution in [0.15, 0.2) is 0 Å². The van der Waals surface area contributed by atoms with Crippen LogP contribution < -0.4 is 10.6 Å².